The van der Waals surface area contributed by atoms with Crippen molar-refractivity contribution in [1.29, 1.82) is 0 Å². The van der Waals surface area contributed by atoms with Gasteiger partial charge in [0.05, 0.1) is 27.8 Å². The molecule has 7 aromatic carbocycles. The second kappa shape index (κ2) is 11.6. The van der Waals surface area contributed by atoms with Gasteiger partial charge in [-0.3, -0.25) is 4.57 Å². The van der Waals surface area contributed by atoms with Crippen LogP contribution in [-0.2, 0) is 0 Å². The van der Waals surface area contributed by atoms with Crippen LogP contribution in [0.15, 0.2) is 176 Å². The van der Waals surface area contributed by atoms with E-state index in [9.17, 15) is 0 Å². The standard InChI is InChI=1S/C46H29FN4/c47-35-27-33(32-20-18-31(19-21-32)30-10-2-1-3-11-30)26-34(28-35)41-24-25-48-46(49-41)51-44-17-9-6-14-39(44)40-29-36(22-23-45(40)51)50-42-15-7-4-12-37(42)38-13-5-8-16-43(38)50/h1-29H. The van der Waals surface area contributed by atoms with Gasteiger partial charge in [0.15, 0.2) is 0 Å². The van der Waals surface area contributed by atoms with E-state index in [2.05, 4.69) is 118 Å². The van der Waals surface area contributed by atoms with E-state index in [0.717, 1.165) is 49.7 Å². The predicted octanol–water partition coefficient (Wildman–Crippen LogP) is 11.8. The van der Waals surface area contributed by atoms with Crippen LogP contribution in [-0.4, -0.2) is 19.1 Å². The first-order chi connectivity index (χ1) is 25.2. The molecule has 0 saturated carbocycles. The number of benzene rings is 7. The van der Waals surface area contributed by atoms with Crippen molar-refractivity contribution < 1.29 is 4.39 Å². The molecule has 0 amide bonds. The van der Waals surface area contributed by atoms with Crippen LogP contribution >= 0.6 is 0 Å². The summed E-state index contributed by atoms with van der Waals surface area (Å²) in [6, 6.07) is 57.5. The molecule has 0 aliphatic carbocycles. The average molecular weight is 657 g/mol. The number of rotatable bonds is 5. The lowest BCUT2D eigenvalue weighted by Gasteiger charge is -2.11. The molecule has 0 aliphatic rings. The molecule has 10 aromatic rings. The number of para-hydroxylation sites is 3. The van der Waals surface area contributed by atoms with Crippen LogP contribution in [0.2, 0.25) is 0 Å². The SMILES string of the molecule is Fc1cc(-c2ccc(-c3ccccc3)cc2)cc(-c2ccnc(-n3c4ccccc4c4cc(-n5c6ccccc6c6ccccc65)ccc43)n2)c1. The third-order valence-corrected chi connectivity index (χ3v) is 9.86. The first-order valence-corrected chi connectivity index (χ1v) is 17.0. The smallest absolute Gasteiger partial charge is 0.235 e. The van der Waals surface area contributed by atoms with E-state index in [1.807, 2.05) is 48.5 Å². The highest BCUT2D eigenvalue weighted by Gasteiger charge is 2.18. The van der Waals surface area contributed by atoms with Crippen molar-refractivity contribution in [3.05, 3.63) is 182 Å². The summed E-state index contributed by atoms with van der Waals surface area (Å²) in [5, 5.41) is 4.66. The largest absolute Gasteiger partial charge is 0.309 e. The molecule has 0 N–H and O–H groups in total. The highest BCUT2D eigenvalue weighted by atomic mass is 19.1. The van der Waals surface area contributed by atoms with Gasteiger partial charge in [0.25, 0.3) is 0 Å². The summed E-state index contributed by atoms with van der Waals surface area (Å²) in [7, 11) is 0. The van der Waals surface area contributed by atoms with E-state index < -0.39 is 0 Å². The third-order valence-electron chi connectivity index (χ3n) is 9.86. The number of nitrogens with zero attached hydrogens (tertiary/aromatic N) is 4. The zero-order chi connectivity index (χ0) is 33.9. The summed E-state index contributed by atoms with van der Waals surface area (Å²) in [5.41, 5.74) is 10.7. The highest BCUT2D eigenvalue weighted by molar-refractivity contribution is 6.12. The van der Waals surface area contributed by atoms with Gasteiger partial charge in [-0.2, -0.15) is 0 Å². The summed E-state index contributed by atoms with van der Waals surface area (Å²) < 4.78 is 19.7. The quantitative estimate of drug-likeness (QED) is 0.185. The molecule has 0 spiro atoms. The molecule has 0 bridgehead atoms. The van der Waals surface area contributed by atoms with Gasteiger partial charge in [0.2, 0.25) is 5.95 Å². The zero-order valence-electron chi connectivity index (χ0n) is 27.4. The molecule has 3 aromatic heterocycles. The van der Waals surface area contributed by atoms with Gasteiger partial charge < -0.3 is 4.57 Å². The fraction of sp³-hybridized carbons (Fsp3) is 0. The van der Waals surface area contributed by atoms with E-state index in [-0.39, 0.29) is 5.82 Å². The van der Waals surface area contributed by atoms with Gasteiger partial charge in [0, 0.05) is 39.0 Å². The molecule has 0 saturated heterocycles. The van der Waals surface area contributed by atoms with Crippen LogP contribution in [0.1, 0.15) is 0 Å². The van der Waals surface area contributed by atoms with Gasteiger partial charge in [-0.05, 0) is 82.9 Å². The Kier molecular flexibility index (Phi) is 6.64. The predicted molar refractivity (Wildman–Crippen MR) is 207 cm³/mol. The number of hydrogen-bond acceptors (Lipinski definition) is 2. The Morgan fingerprint density at radius 1 is 0.392 bits per heavy atom. The Bertz CT molecular complexity index is 2870. The normalized spacial score (nSPS) is 11.6. The highest BCUT2D eigenvalue weighted by Crippen LogP contribution is 2.37. The lowest BCUT2D eigenvalue weighted by atomic mass is 9.98. The maximum atomic E-state index is 15.2. The number of fused-ring (bicyclic) bond motifs is 6. The summed E-state index contributed by atoms with van der Waals surface area (Å²) in [4.78, 5) is 9.81. The van der Waals surface area contributed by atoms with Crippen molar-refractivity contribution in [3.8, 4) is 45.1 Å². The van der Waals surface area contributed by atoms with Crippen molar-refractivity contribution in [2.24, 2.45) is 0 Å². The summed E-state index contributed by atoms with van der Waals surface area (Å²) >= 11 is 0. The van der Waals surface area contributed by atoms with E-state index in [0.29, 0.717) is 17.2 Å². The fourth-order valence-corrected chi connectivity index (χ4v) is 7.52. The number of aromatic nitrogens is 4. The minimum atomic E-state index is -0.316. The topological polar surface area (TPSA) is 35.6 Å². The molecule has 0 aliphatic heterocycles. The Morgan fingerprint density at radius 3 is 1.61 bits per heavy atom. The molecule has 5 heteroatoms. The average Bonchev–Trinajstić information content (AvgIpc) is 3.71. The van der Waals surface area contributed by atoms with Crippen LogP contribution in [0.4, 0.5) is 4.39 Å². The second-order valence-corrected chi connectivity index (χ2v) is 12.8. The second-order valence-electron chi connectivity index (χ2n) is 12.8. The Morgan fingerprint density at radius 2 is 0.922 bits per heavy atom. The van der Waals surface area contributed by atoms with Crippen LogP contribution in [0.5, 0.6) is 0 Å². The molecule has 51 heavy (non-hydrogen) atoms. The lowest BCUT2D eigenvalue weighted by Crippen LogP contribution is -2.02. The van der Waals surface area contributed by atoms with E-state index >= 15 is 4.39 Å². The maximum Gasteiger partial charge on any atom is 0.235 e. The van der Waals surface area contributed by atoms with Gasteiger partial charge in [-0.1, -0.05) is 109 Å². The van der Waals surface area contributed by atoms with Crippen LogP contribution in [0.3, 0.4) is 0 Å². The van der Waals surface area contributed by atoms with Crippen LogP contribution < -0.4 is 0 Å². The Labute approximate surface area is 293 Å². The van der Waals surface area contributed by atoms with E-state index in [1.165, 1.54) is 27.9 Å². The Hall–Kier alpha value is -6.85. The molecule has 240 valence electrons. The molecular formula is C46H29FN4. The van der Waals surface area contributed by atoms with E-state index in [1.54, 1.807) is 12.3 Å². The molecular weight excluding hydrogens is 628 g/mol. The van der Waals surface area contributed by atoms with Crippen LogP contribution in [0, 0.1) is 5.82 Å². The maximum absolute atomic E-state index is 15.2. The molecule has 0 fully saturated rings. The van der Waals surface area contributed by atoms with Gasteiger partial charge in [0.1, 0.15) is 5.82 Å². The third kappa shape index (κ3) is 4.82. The molecule has 0 atom stereocenters. The zero-order valence-corrected chi connectivity index (χ0v) is 27.4. The van der Waals surface area contributed by atoms with Crippen molar-refractivity contribution >= 4 is 43.6 Å². The van der Waals surface area contributed by atoms with Gasteiger partial charge >= 0.3 is 0 Å². The molecule has 10 rings (SSSR count). The monoisotopic (exact) mass is 656 g/mol. The van der Waals surface area contributed by atoms with Crippen molar-refractivity contribution in [1.82, 2.24) is 19.1 Å². The van der Waals surface area contributed by atoms with Crippen molar-refractivity contribution in [2.75, 3.05) is 0 Å². The minimum absolute atomic E-state index is 0.316. The summed E-state index contributed by atoms with van der Waals surface area (Å²) in [6.07, 6.45) is 1.75. The van der Waals surface area contributed by atoms with Gasteiger partial charge in [-0.15, -0.1) is 0 Å². The summed E-state index contributed by atoms with van der Waals surface area (Å²) in [5.74, 6) is 0.214. The molecule has 0 radical (unpaired) electrons. The molecule has 3 heterocycles. The lowest BCUT2D eigenvalue weighted by molar-refractivity contribution is 0.628. The fourth-order valence-electron chi connectivity index (χ4n) is 7.52. The number of halogens is 1. The van der Waals surface area contributed by atoms with E-state index in [4.69, 9.17) is 9.97 Å². The number of hydrogen-bond donors (Lipinski definition) is 0. The van der Waals surface area contributed by atoms with Gasteiger partial charge in [-0.25, -0.2) is 14.4 Å². The molecule has 0 unspecified atom stereocenters. The van der Waals surface area contributed by atoms with Crippen molar-refractivity contribution in [3.63, 3.8) is 0 Å². The summed E-state index contributed by atoms with van der Waals surface area (Å²) in [6.45, 7) is 0. The first kappa shape index (κ1) is 29.1. The first-order valence-electron chi connectivity index (χ1n) is 17.0. The Balaban J connectivity index is 1.08. The minimum Gasteiger partial charge on any atom is -0.309 e. The van der Waals surface area contributed by atoms with Crippen molar-refractivity contribution in [2.45, 2.75) is 0 Å². The van der Waals surface area contributed by atoms with Crippen LogP contribution in [0.25, 0.3) is 88.8 Å². The molecule has 4 nitrogen and oxygen atoms in total.